The van der Waals surface area contributed by atoms with Crippen LogP contribution in [0.5, 0.6) is 0 Å². The molecule has 2 heterocycles. The zero-order valence-corrected chi connectivity index (χ0v) is 10.9. The van der Waals surface area contributed by atoms with Gasteiger partial charge in [-0.05, 0) is 25.7 Å². The van der Waals surface area contributed by atoms with E-state index >= 15 is 0 Å². The largest absolute Gasteiger partial charge is 0.343 e. The van der Waals surface area contributed by atoms with Gasteiger partial charge in [0.25, 0.3) is 0 Å². The number of amides is 2. The molecular formula is C13H21N3O2. The summed E-state index contributed by atoms with van der Waals surface area (Å²) in [5, 5.41) is 2.77. The van der Waals surface area contributed by atoms with E-state index in [1.807, 2.05) is 11.8 Å². The Morgan fingerprint density at radius 3 is 2.67 bits per heavy atom. The number of carbonyl (C=O) groups excluding carboxylic acids is 2. The number of likely N-dealkylation sites (tertiary alicyclic amines) is 1. The van der Waals surface area contributed by atoms with Crippen LogP contribution in [0.1, 0.15) is 32.6 Å². The topological polar surface area (TPSA) is 52.7 Å². The summed E-state index contributed by atoms with van der Waals surface area (Å²) in [6.45, 7) is 4.23. The van der Waals surface area contributed by atoms with Crippen LogP contribution in [0.2, 0.25) is 0 Å². The third-order valence-electron chi connectivity index (χ3n) is 4.34. The van der Waals surface area contributed by atoms with Crippen LogP contribution < -0.4 is 5.32 Å². The Kier molecular flexibility index (Phi) is 3.01. The van der Waals surface area contributed by atoms with Gasteiger partial charge in [0, 0.05) is 25.2 Å². The van der Waals surface area contributed by atoms with Gasteiger partial charge >= 0.3 is 0 Å². The summed E-state index contributed by atoms with van der Waals surface area (Å²) >= 11 is 0. The zero-order chi connectivity index (χ0) is 12.7. The van der Waals surface area contributed by atoms with Crippen LogP contribution >= 0.6 is 0 Å². The summed E-state index contributed by atoms with van der Waals surface area (Å²) in [6.07, 6.45) is 4.31. The first kappa shape index (κ1) is 12.0. The Balaban J connectivity index is 1.66. The molecule has 0 bridgehead atoms. The molecule has 5 nitrogen and oxygen atoms in total. The fourth-order valence-electron chi connectivity index (χ4n) is 3.11. The van der Waals surface area contributed by atoms with Crippen molar-refractivity contribution >= 4 is 11.8 Å². The lowest BCUT2D eigenvalue weighted by atomic mass is 10.1. The maximum atomic E-state index is 12.3. The molecule has 2 atom stereocenters. The molecule has 0 aromatic heterocycles. The van der Waals surface area contributed by atoms with Crippen LogP contribution in [0.4, 0.5) is 0 Å². The van der Waals surface area contributed by atoms with Crippen LogP contribution in [0.15, 0.2) is 0 Å². The second-order valence-corrected chi connectivity index (χ2v) is 5.66. The van der Waals surface area contributed by atoms with Crippen molar-refractivity contribution in [2.45, 2.75) is 50.7 Å². The molecular weight excluding hydrogens is 230 g/mol. The molecule has 100 valence electrons. The fourth-order valence-corrected chi connectivity index (χ4v) is 3.11. The van der Waals surface area contributed by atoms with Gasteiger partial charge in [-0.15, -0.1) is 0 Å². The minimum atomic E-state index is -0.304. The number of nitrogens with zero attached hydrogens (tertiary/aromatic N) is 2. The van der Waals surface area contributed by atoms with Gasteiger partial charge in [-0.1, -0.05) is 6.92 Å². The maximum absolute atomic E-state index is 12.3. The standard InChI is InChI=1S/C13H21N3O2/c1-2-11-13(18)16(8-12(17)14-11)10-5-6-15(7-10)9-3-4-9/h9-11H,2-8H2,1H3,(H,14,17). The normalized spacial score (nSPS) is 33.9. The van der Waals surface area contributed by atoms with Crippen molar-refractivity contribution < 1.29 is 9.59 Å². The Morgan fingerprint density at radius 1 is 1.22 bits per heavy atom. The molecule has 0 radical (unpaired) electrons. The van der Waals surface area contributed by atoms with E-state index in [-0.39, 0.29) is 30.4 Å². The van der Waals surface area contributed by atoms with Crippen molar-refractivity contribution in [3.05, 3.63) is 0 Å². The number of piperazine rings is 1. The highest BCUT2D eigenvalue weighted by Crippen LogP contribution is 2.31. The van der Waals surface area contributed by atoms with Crippen LogP contribution in [-0.2, 0) is 9.59 Å². The van der Waals surface area contributed by atoms with Gasteiger partial charge < -0.3 is 10.2 Å². The van der Waals surface area contributed by atoms with Crippen LogP contribution in [-0.4, -0.2) is 59.4 Å². The lowest BCUT2D eigenvalue weighted by Gasteiger charge is -2.36. The highest BCUT2D eigenvalue weighted by Gasteiger charge is 2.41. The average Bonchev–Trinajstić information content (AvgIpc) is 3.10. The predicted molar refractivity (Wildman–Crippen MR) is 66.9 cm³/mol. The number of rotatable bonds is 3. The molecule has 3 aliphatic rings. The van der Waals surface area contributed by atoms with E-state index in [0.717, 1.165) is 25.6 Å². The van der Waals surface area contributed by atoms with Crippen molar-refractivity contribution in [2.75, 3.05) is 19.6 Å². The molecule has 2 saturated heterocycles. The van der Waals surface area contributed by atoms with Gasteiger partial charge in [0.15, 0.2) is 0 Å². The molecule has 2 aliphatic heterocycles. The monoisotopic (exact) mass is 251 g/mol. The third-order valence-corrected chi connectivity index (χ3v) is 4.34. The summed E-state index contributed by atoms with van der Waals surface area (Å²) in [5.74, 6) is 0.103. The molecule has 3 rings (SSSR count). The molecule has 0 spiro atoms. The predicted octanol–water partition coefficient (Wildman–Crippen LogP) is -0.0399. The van der Waals surface area contributed by atoms with Gasteiger partial charge in [0.05, 0.1) is 6.54 Å². The molecule has 2 amide bonds. The minimum Gasteiger partial charge on any atom is -0.343 e. The molecule has 1 aliphatic carbocycles. The molecule has 1 N–H and O–H groups in total. The average molecular weight is 251 g/mol. The van der Waals surface area contributed by atoms with E-state index in [4.69, 9.17) is 0 Å². The van der Waals surface area contributed by atoms with Crippen LogP contribution in [0.3, 0.4) is 0 Å². The number of hydrogen-bond donors (Lipinski definition) is 1. The van der Waals surface area contributed by atoms with Crippen LogP contribution in [0, 0.1) is 0 Å². The van der Waals surface area contributed by atoms with E-state index in [1.54, 1.807) is 0 Å². The molecule has 0 aromatic carbocycles. The van der Waals surface area contributed by atoms with Gasteiger partial charge in [-0.25, -0.2) is 0 Å². The fraction of sp³-hybridized carbons (Fsp3) is 0.846. The Morgan fingerprint density at radius 2 is 2.00 bits per heavy atom. The molecule has 3 fully saturated rings. The van der Waals surface area contributed by atoms with Gasteiger partial charge in [0.1, 0.15) is 6.04 Å². The summed E-state index contributed by atoms with van der Waals surface area (Å²) in [5.41, 5.74) is 0. The Labute approximate surface area is 107 Å². The smallest absolute Gasteiger partial charge is 0.245 e. The van der Waals surface area contributed by atoms with Crippen LogP contribution in [0.25, 0.3) is 0 Å². The molecule has 0 aromatic rings. The third kappa shape index (κ3) is 2.11. The SMILES string of the molecule is CCC1NC(=O)CN(C2CCN(C3CC3)C2)C1=O. The van der Waals surface area contributed by atoms with Crippen molar-refractivity contribution in [1.82, 2.24) is 15.1 Å². The summed E-state index contributed by atoms with van der Waals surface area (Å²) < 4.78 is 0. The summed E-state index contributed by atoms with van der Waals surface area (Å²) in [4.78, 5) is 28.2. The Hall–Kier alpha value is -1.10. The first-order valence-corrected chi connectivity index (χ1v) is 7.03. The lowest BCUT2D eigenvalue weighted by Crippen LogP contribution is -2.60. The second kappa shape index (κ2) is 4.53. The number of hydrogen-bond acceptors (Lipinski definition) is 3. The van der Waals surface area contributed by atoms with Crippen molar-refractivity contribution in [3.63, 3.8) is 0 Å². The van der Waals surface area contributed by atoms with Crippen molar-refractivity contribution in [1.29, 1.82) is 0 Å². The van der Waals surface area contributed by atoms with E-state index in [0.29, 0.717) is 6.42 Å². The van der Waals surface area contributed by atoms with E-state index in [1.165, 1.54) is 12.8 Å². The van der Waals surface area contributed by atoms with Gasteiger partial charge in [-0.3, -0.25) is 14.5 Å². The number of nitrogens with one attached hydrogen (secondary N) is 1. The Bertz CT molecular complexity index is 367. The first-order chi connectivity index (χ1) is 8.69. The summed E-state index contributed by atoms with van der Waals surface area (Å²) in [7, 11) is 0. The summed E-state index contributed by atoms with van der Waals surface area (Å²) in [6, 6.07) is 0.699. The quantitative estimate of drug-likeness (QED) is 0.766. The second-order valence-electron chi connectivity index (χ2n) is 5.66. The van der Waals surface area contributed by atoms with Crippen molar-refractivity contribution in [2.24, 2.45) is 0 Å². The zero-order valence-electron chi connectivity index (χ0n) is 10.9. The molecule has 2 unspecified atom stereocenters. The van der Waals surface area contributed by atoms with Gasteiger partial charge in [-0.2, -0.15) is 0 Å². The van der Waals surface area contributed by atoms with Gasteiger partial charge in [0.2, 0.25) is 11.8 Å². The van der Waals surface area contributed by atoms with E-state index in [9.17, 15) is 9.59 Å². The maximum Gasteiger partial charge on any atom is 0.245 e. The lowest BCUT2D eigenvalue weighted by molar-refractivity contribution is -0.146. The first-order valence-electron chi connectivity index (χ1n) is 7.03. The highest BCUT2D eigenvalue weighted by atomic mass is 16.2. The number of carbonyl (C=O) groups is 2. The molecule has 5 heteroatoms. The highest BCUT2D eigenvalue weighted by molar-refractivity contribution is 5.95. The van der Waals surface area contributed by atoms with E-state index in [2.05, 4.69) is 10.2 Å². The molecule has 1 saturated carbocycles. The van der Waals surface area contributed by atoms with Crippen molar-refractivity contribution in [3.8, 4) is 0 Å². The minimum absolute atomic E-state index is 0.00804. The molecule has 18 heavy (non-hydrogen) atoms. The van der Waals surface area contributed by atoms with E-state index < -0.39 is 0 Å².